The Hall–Kier alpha value is -1.29. The molecular weight excluding hydrogens is 226 g/mol. The lowest BCUT2D eigenvalue weighted by Crippen LogP contribution is -2.10. The largest absolute Gasteiger partial charge is 0.381 e. The summed E-state index contributed by atoms with van der Waals surface area (Å²) in [6.07, 6.45) is 0.846. The van der Waals surface area contributed by atoms with Gasteiger partial charge < -0.3 is 4.74 Å². The molecule has 0 saturated carbocycles. The summed E-state index contributed by atoms with van der Waals surface area (Å²) in [6.45, 7) is 4.19. The lowest BCUT2D eigenvalue weighted by Gasteiger charge is -2.06. The summed E-state index contributed by atoms with van der Waals surface area (Å²) in [4.78, 5) is 11.6. The number of halogens is 2. The van der Waals surface area contributed by atoms with Crippen molar-refractivity contribution in [3.05, 3.63) is 34.9 Å². The van der Waals surface area contributed by atoms with Crippen molar-refractivity contribution in [1.82, 2.24) is 0 Å². The van der Waals surface area contributed by atoms with Gasteiger partial charge in [-0.2, -0.15) is 0 Å². The van der Waals surface area contributed by atoms with E-state index in [0.717, 1.165) is 12.5 Å². The second kappa shape index (κ2) is 6.45. The number of carbonyl (C=O) groups excluding carboxylic acids is 1. The van der Waals surface area contributed by atoms with Crippen LogP contribution in [0.5, 0.6) is 0 Å². The molecule has 0 aliphatic heterocycles. The van der Waals surface area contributed by atoms with Crippen LogP contribution in [-0.4, -0.2) is 19.0 Å². The zero-order valence-corrected chi connectivity index (χ0v) is 10.1. The molecule has 0 atom stereocenters. The van der Waals surface area contributed by atoms with Crippen LogP contribution in [0.2, 0.25) is 0 Å². The molecule has 0 saturated heterocycles. The van der Waals surface area contributed by atoms with E-state index in [9.17, 15) is 13.6 Å². The number of rotatable bonds is 6. The maximum Gasteiger partial charge on any atom is 0.171 e. The Labute approximate surface area is 99.6 Å². The molecule has 2 nitrogen and oxygen atoms in total. The van der Waals surface area contributed by atoms with Crippen molar-refractivity contribution in [2.24, 2.45) is 0 Å². The molecule has 4 heteroatoms. The zero-order valence-electron chi connectivity index (χ0n) is 10.1. The fourth-order valence-corrected chi connectivity index (χ4v) is 1.45. The Balaban J connectivity index is 2.72. The number of ketones is 1. The topological polar surface area (TPSA) is 26.3 Å². The first-order valence-corrected chi connectivity index (χ1v) is 5.63. The van der Waals surface area contributed by atoms with Gasteiger partial charge in [0.25, 0.3) is 0 Å². The lowest BCUT2D eigenvalue weighted by molar-refractivity contribution is 0.0871. The van der Waals surface area contributed by atoms with Crippen molar-refractivity contribution in [3.63, 3.8) is 0 Å². The normalized spacial score (nSPS) is 10.6. The van der Waals surface area contributed by atoms with Gasteiger partial charge >= 0.3 is 0 Å². The SMILES string of the molecule is CCCOCCC(=O)c1c(F)ccc(C)c1F. The molecule has 0 aliphatic carbocycles. The van der Waals surface area contributed by atoms with E-state index in [1.54, 1.807) is 0 Å². The molecule has 0 aromatic heterocycles. The van der Waals surface area contributed by atoms with Crippen LogP contribution in [0, 0.1) is 18.6 Å². The molecule has 0 spiro atoms. The molecule has 1 rings (SSSR count). The number of benzene rings is 1. The highest BCUT2D eigenvalue weighted by atomic mass is 19.1. The highest BCUT2D eigenvalue weighted by Gasteiger charge is 2.18. The molecular formula is C13H16F2O2. The Kier molecular flexibility index (Phi) is 5.22. The Bertz CT molecular complexity index is 403. The smallest absolute Gasteiger partial charge is 0.171 e. The summed E-state index contributed by atoms with van der Waals surface area (Å²) in [5, 5.41) is 0. The van der Waals surface area contributed by atoms with Crippen LogP contribution in [0.1, 0.15) is 35.7 Å². The molecule has 0 amide bonds. The van der Waals surface area contributed by atoms with Crippen LogP contribution in [0.25, 0.3) is 0 Å². The molecule has 1 aromatic rings. The van der Waals surface area contributed by atoms with E-state index in [1.807, 2.05) is 6.92 Å². The van der Waals surface area contributed by atoms with E-state index in [2.05, 4.69) is 0 Å². The quantitative estimate of drug-likeness (QED) is 0.565. The predicted octanol–water partition coefficient (Wildman–Crippen LogP) is 3.27. The van der Waals surface area contributed by atoms with Crippen molar-refractivity contribution in [2.45, 2.75) is 26.7 Å². The summed E-state index contributed by atoms with van der Waals surface area (Å²) in [7, 11) is 0. The van der Waals surface area contributed by atoms with Crippen molar-refractivity contribution in [1.29, 1.82) is 0 Å². The van der Waals surface area contributed by atoms with Gasteiger partial charge in [-0.1, -0.05) is 13.0 Å². The molecule has 0 aliphatic rings. The fraction of sp³-hybridized carbons (Fsp3) is 0.462. The van der Waals surface area contributed by atoms with Crippen molar-refractivity contribution in [3.8, 4) is 0 Å². The average molecular weight is 242 g/mol. The number of ether oxygens (including phenoxy) is 1. The standard InChI is InChI=1S/C13H16F2O2/c1-3-7-17-8-6-11(16)12-10(14)5-4-9(2)13(12)15/h4-5H,3,6-8H2,1-2H3. The third-order valence-electron chi connectivity index (χ3n) is 2.38. The first kappa shape index (κ1) is 13.8. The first-order valence-electron chi connectivity index (χ1n) is 5.63. The van der Waals surface area contributed by atoms with Crippen molar-refractivity contribution in [2.75, 3.05) is 13.2 Å². The molecule has 0 radical (unpaired) electrons. The minimum absolute atomic E-state index is 0.00269. The minimum atomic E-state index is -0.811. The van der Waals surface area contributed by atoms with Gasteiger partial charge in [-0.3, -0.25) is 4.79 Å². The molecule has 17 heavy (non-hydrogen) atoms. The molecule has 0 bridgehead atoms. The highest BCUT2D eigenvalue weighted by Crippen LogP contribution is 2.17. The van der Waals surface area contributed by atoms with Crippen LogP contribution in [0.4, 0.5) is 8.78 Å². The van der Waals surface area contributed by atoms with Gasteiger partial charge in [-0.25, -0.2) is 8.78 Å². The van der Waals surface area contributed by atoms with Gasteiger partial charge in [-0.15, -0.1) is 0 Å². The molecule has 1 aromatic carbocycles. The second-order valence-electron chi connectivity index (χ2n) is 3.84. The molecule has 0 unspecified atom stereocenters. The third-order valence-corrected chi connectivity index (χ3v) is 2.38. The van der Waals surface area contributed by atoms with E-state index in [1.165, 1.54) is 13.0 Å². The number of hydrogen-bond donors (Lipinski definition) is 0. The second-order valence-corrected chi connectivity index (χ2v) is 3.84. The number of hydrogen-bond acceptors (Lipinski definition) is 2. The number of aryl methyl sites for hydroxylation is 1. The monoisotopic (exact) mass is 242 g/mol. The van der Waals surface area contributed by atoms with E-state index >= 15 is 0 Å². The van der Waals surface area contributed by atoms with Gasteiger partial charge in [0.1, 0.15) is 11.6 Å². The lowest BCUT2D eigenvalue weighted by atomic mass is 10.0. The van der Waals surface area contributed by atoms with E-state index < -0.39 is 23.0 Å². The summed E-state index contributed by atoms with van der Waals surface area (Å²) in [5.74, 6) is -2.14. The maximum absolute atomic E-state index is 13.6. The number of carbonyl (C=O) groups is 1. The molecule has 0 fully saturated rings. The third kappa shape index (κ3) is 3.60. The number of Topliss-reactive ketones (excluding diaryl/α,β-unsaturated/α-hetero) is 1. The predicted molar refractivity (Wildman–Crippen MR) is 61.2 cm³/mol. The molecule has 0 heterocycles. The summed E-state index contributed by atoms with van der Waals surface area (Å²) < 4.78 is 32.1. The summed E-state index contributed by atoms with van der Waals surface area (Å²) in [5.41, 5.74) is -0.186. The van der Waals surface area contributed by atoms with Crippen LogP contribution in [0.15, 0.2) is 12.1 Å². The highest BCUT2D eigenvalue weighted by molar-refractivity contribution is 5.96. The fourth-order valence-electron chi connectivity index (χ4n) is 1.45. The molecule has 0 N–H and O–H groups in total. The van der Waals surface area contributed by atoms with Crippen LogP contribution in [-0.2, 0) is 4.74 Å². The van der Waals surface area contributed by atoms with Gasteiger partial charge in [0.15, 0.2) is 5.78 Å². The molecule has 94 valence electrons. The van der Waals surface area contributed by atoms with Crippen molar-refractivity contribution >= 4 is 5.78 Å². The van der Waals surface area contributed by atoms with Gasteiger partial charge in [0, 0.05) is 13.0 Å². The Morgan fingerprint density at radius 1 is 1.29 bits per heavy atom. The van der Waals surface area contributed by atoms with Crippen LogP contribution in [0.3, 0.4) is 0 Å². The van der Waals surface area contributed by atoms with Gasteiger partial charge in [0.2, 0.25) is 0 Å². The summed E-state index contributed by atoms with van der Waals surface area (Å²) in [6, 6.07) is 2.42. The first-order chi connectivity index (χ1) is 8.07. The Morgan fingerprint density at radius 3 is 2.65 bits per heavy atom. The van der Waals surface area contributed by atoms with E-state index in [4.69, 9.17) is 4.74 Å². The Morgan fingerprint density at radius 2 is 2.00 bits per heavy atom. The minimum Gasteiger partial charge on any atom is -0.381 e. The zero-order chi connectivity index (χ0) is 12.8. The van der Waals surface area contributed by atoms with E-state index in [-0.39, 0.29) is 18.6 Å². The van der Waals surface area contributed by atoms with Gasteiger partial charge in [-0.05, 0) is 25.0 Å². The van der Waals surface area contributed by atoms with Crippen LogP contribution >= 0.6 is 0 Å². The maximum atomic E-state index is 13.6. The average Bonchev–Trinajstić information content (AvgIpc) is 2.30. The van der Waals surface area contributed by atoms with Crippen LogP contribution < -0.4 is 0 Å². The van der Waals surface area contributed by atoms with Crippen molar-refractivity contribution < 1.29 is 18.3 Å². The van der Waals surface area contributed by atoms with E-state index in [0.29, 0.717) is 6.61 Å². The van der Waals surface area contributed by atoms with Gasteiger partial charge in [0.05, 0.1) is 12.2 Å². The summed E-state index contributed by atoms with van der Waals surface area (Å²) >= 11 is 0.